The molecule has 1 aromatic heterocycles. The number of hydrogen-bond donors (Lipinski definition) is 1. The number of fused-ring (bicyclic) bond motifs is 1. The van der Waals surface area contributed by atoms with E-state index < -0.39 is 5.97 Å². The van der Waals surface area contributed by atoms with E-state index in [1.54, 1.807) is 6.92 Å². The fourth-order valence-corrected chi connectivity index (χ4v) is 4.97. The van der Waals surface area contributed by atoms with Gasteiger partial charge < -0.3 is 9.84 Å². The lowest BCUT2D eigenvalue weighted by molar-refractivity contribution is -0.137. The summed E-state index contributed by atoms with van der Waals surface area (Å²) in [6.45, 7) is 5.30. The van der Waals surface area contributed by atoms with E-state index in [1.165, 1.54) is 16.0 Å². The number of carboxylic acid groups (broad SMARTS) is 1. The van der Waals surface area contributed by atoms with Crippen LogP contribution in [0.15, 0.2) is 60.0 Å². The van der Waals surface area contributed by atoms with Crippen LogP contribution >= 0.6 is 11.3 Å². The van der Waals surface area contributed by atoms with Gasteiger partial charge in [0.2, 0.25) is 0 Å². The molecule has 0 saturated heterocycles. The average molecular weight is 446 g/mol. The largest absolute Gasteiger partial charge is 0.489 e. The first-order chi connectivity index (χ1) is 15.6. The fraction of sp³-hybridized carbons (Fsp3) is 0.296. The van der Waals surface area contributed by atoms with Crippen LogP contribution in [0.5, 0.6) is 5.75 Å². The van der Waals surface area contributed by atoms with Gasteiger partial charge in [0.1, 0.15) is 12.4 Å². The van der Waals surface area contributed by atoms with E-state index in [0.717, 1.165) is 42.9 Å². The monoisotopic (exact) mass is 445 g/mol. The first-order valence-corrected chi connectivity index (χ1v) is 11.7. The Morgan fingerprint density at radius 1 is 1.19 bits per heavy atom. The van der Waals surface area contributed by atoms with Crippen molar-refractivity contribution in [2.75, 3.05) is 6.54 Å². The SMILES string of the molecule is CC#CC(CC(=O)O)c1ccc(OCc2cccc(CN3CCc4sccc4C3)c2)cc1. The summed E-state index contributed by atoms with van der Waals surface area (Å²) < 4.78 is 5.98. The van der Waals surface area contributed by atoms with Crippen molar-refractivity contribution >= 4 is 17.3 Å². The van der Waals surface area contributed by atoms with Gasteiger partial charge in [-0.05, 0) is 59.2 Å². The molecule has 0 amide bonds. The first kappa shape index (κ1) is 22.1. The summed E-state index contributed by atoms with van der Waals surface area (Å²) in [7, 11) is 0. The number of aliphatic carboxylic acids is 1. The Morgan fingerprint density at radius 3 is 2.78 bits per heavy atom. The molecular weight excluding hydrogens is 418 g/mol. The molecule has 1 N–H and O–H groups in total. The van der Waals surface area contributed by atoms with Crippen LogP contribution in [0.3, 0.4) is 0 Å². The third kappa shape index (κ3) is 5.79. The third-order valence-electron chi connectivity index (χ3n) is 5.67. The van der Waals surface area contributed by atoms with E-state index in [4.69, 9.17) is 9.84 Å². The van der Waals surface area contributed by atoms with Crippen molar-refractivity contribution in [3.8, 4) is 17.6 Å². The summed E-state index contributed by atoms with van der Waals surface area (Å²) in [5, 5.41) is 11.3. The van der Waals surface area contributed by atoms with Gasteiger partial charge in [-0.15, -0.1) is 17.3 Å². The molecule has 0 spiro atoms. The molecule has 0 radical (unpaired) electrons. The van der Waals surface area contributed by atoms with Crippen molar-refractivity contribution in [1.82, 2.24) is 4.90 Å². The number of nitrogens with zero attached hydrogens (tertiary/aromatic N) is 1. The zero-order chi connectivity index (χ0) is 22.3. The third-order valence-corrected chi connectivity index (χ3v) is 6.69. The normalized spacial score (nSPS) is 14.2. The van der Waals surface area contributed by atoms with Crippen LogP contribution in [0.25, 0.3) is 0 Å². The molecule has 2 heterocycles. The minimum absolute atomic E-state index is 0.00141. The highest BCUT2D eigenvalue weighted by molar-refractivity contribution is 7.10. The standard InChI is InChI=1S/C27H27NO3S/c1-2-4-23(16-27(29)30)22-7-9-25(10-8-22)31-19-21-6-3-5-20(15-21)17-28-13-11-26-24(18-28)12-14-32-26/h3,5-10,12,14-15,23H,11,13,16-19H2,1H3,(H,29,30). The van der Waals surface area contributed by atoms with Gasteiger partial charge in [0.25, 0.3) is 0 Å². The lowest BCUT2D eigenvalue weighted by Gasteiger charge is -2.27. The van der Waals surface area contributed by atoms with Gasteiger partial charge in [-0.25, -0.2) is 0 Å². The Bertz CT molecular complexity index is 1120. The smallest absolute Gasteiger partial charge is 0.304 e. The molecule has 0 fully saturated rings. The molecule has 4 rings (SSSR count). The van der Waals surface area contributed by atoms with E-state index in [-0.39, 0.29) is 12.3 Å². The van der Waals surface area contributed by atoms with Crippen LogP contribution < -0.4 is 4.74 Å². The van der Waals surface area contributed by atoms with Crippen molar-refractivity contribution in [3.05, 3.63) is 87.1 Å². The van der Waals surface area contributed by atoms with Crippen LogP contribution in [0.4, 0.5) is 0 Å². The number of benzene rings is 2. The van der Waals surface area contributed by atoms with E-state index in [0.29, 0.717) is 6.61 Å². The van der Waals surface area contributed by atoms with Gasteiger partial charge in [0, 0.05) is 24.5 Å². The summed E-state index contributed by atoms with van der Waals surface area (Å²) >= 11 is 1.87. The van der Waals surface area contributed by atoms with Gasteiger partial charge in [-0.1, -0.05) is 42.3 Å². The Balaban J connectivity index is 1.34. The fourth-order valence-electron chi connectivity index (χ4n) is 4.08. The summed E-state index contributed by atoms with van der Waals surface area (Å²) in [5.74, 6) is 5.41. The number of thiophene rings is 1. The highest BCUT2D eigenvalue weighted by Crippen LogP contribution is 2.26. The number of rotatable bonds is 8. The molecule has 0 aliphatic carbocycles. The quantitative estimate of drug-likeness (QED) is 0.467. The van der Waals surface area contributed by atoms with E-state index in [9.17, 15) is 4.79 Å². The molecule has 5 heteroatoms. The van der Waals surface area contributed by atoms with E-state index >= 15 is 0 Å². The second-order valence-electron chi connectivity index (χ2n) is 8.05. The number of carbonyl (C=O) groups is 1. The zero-order valence-electron chi connectivity index (χ0n) is 18.2. The van der Waals surface area contributed by atoms with Gasteiger partial charge >= 0.3 is 5.97 Å². The first-order valence-electron chi connectivity index (χ1n) is 10.8. The van der Waals surface area contributed by atoms with Crippen LogP contribution in [-0.2, 0) is 30.9 Å². The molecule has 2 aromatic carbocycles. The maximum atomic E-state index is 11.1. The average Bonchev–Trinajstić information content (AvgIpc) is 3.26. The number of hydrogen-bond acceptors (Lipinski definition) is 4. The lowest BCUT2D eigenvalue weighted by Crippen LogP contribution is -2.29. The maximum Gasteiger partial charge on any atom is 0.304 e. The molecule has 164 valence electrons. The molecule has 0 saturated carbocycles. The van der Waals surface area contributed by atoms with Crippen molar-refractivity contribution in [1.29, 1.82) is 0 Å². The topological polar surface area (TPSA) is 49.8 Å². The van der Waals surface area contributed by atoms with Crippen LogP contribution in [0, 0.1) is 11.8 Å². The Morgan fingerprint density at radius 2 is 2.00 bits per heavy atom. The summed E-state index contributed by atoms with van der Waals surface area (Å²) in [6, 6.07) is 18.4. The van der Waals surface area contributed by atoms with Gasteiger partial charge in [0.15, 0.2) is 0 Å². The highest BCUT2D eigenvalue weighted by Gasteiger charge is 2.17. The maximum absolute atomic E-state index is 11.1. The van der Waals surface area contributed by atoms with Crippen LogP contribution in [-0.4, -0.2) is 22.5 Å². The van der Waals surface area contributed by atoms with Crippen molar-refractivity contribution < 1.29 is 14.6 Å². The molecule has 1 aliphatic heterocycles. The molecule has 0 bridgehead atoms. The highest BCUT2D eigenvalue weighted by atomic mass is 32.1. The van der Waals surface area contributed by atoms with Crippen molar-refractivity contribution in [3.63, 3.8) is 0 Å². The molecule has 1 unspecified atom stereocenters. The van der Waals surface area contributed by atoms with Gasteiger partial charge in [-0.3, -0.25) is 9.69 Å². The van der Waals surface area contributed by atoms with E-state index in [2.05, 4.69) is 52.5 Å². The zero-order valence-corrected chi connectivity index (χ0v) is 19.0. The molecule has 1 aliphatic rings. The molecule has 4 nitrogen and oxygen atoms in total. The summed E-state index contributed by atoms with van der Waals surface area (Å²) in [5.41, 5.74) is 4.81. The second-order valence-corrected chi connectivity index (χ2v) is 9.05. The second kappa shape index (κ2) is 10.5. The predicted molar refractivity (Wildman–Crippen MR) is 128 cm³/mol. The Labute approximate surface area is 193 Å². The minimum Gasteiger partial charge on any atom is -0.489 e. The number of ether oxygens (including phenoxy) is 1. The summed E-state index contributed by atoms with van der Waals surface area (Å²) in [6.07, 6.45) is 1.14. The van der Waals surface area contributed by atoms with Crippen LogP contribution in [0.2, 0.25) is 0 Å². The predicted octanol–water partition coefficient (Wildman–Crippen LogP) is 5.47. The van der Waals surface area contributed by atoms with E-state index in [1.807, 2.05) is 35.6 Å². The molecule has 32 heavy (non-hydrogen) atoms. The lowest BCUT2D eigenvalue weighted by atomic mass is 9.96. The van der Waals surface area contributed by atoms with Gasteiger partial charge in [0.05, 0.1) is 12.3 Å². The Hall–Kier alpha value is -3.07. The Kier molecular flexibility index (Phi) is 7.26. The van der Waals surface area contributed by atoms with Gasteiger partial charge in [-0.2, -0.15) is 0 Å². The minimum atomic E-state index is -0.849. The van der Waals surface area contributed by atoms with Crippen LogP contribution in [0.1, 0.15) is 46.4 Å². The molecule has 1 atom stereocenters. The molecular formula is C27H27NO3S. The molecule has 3 aromatic rings. The summed E-state index contributed by atoms with van der Waals surface area (Å²) in [4.78, 5) is 15.1. The van der Waals surface area contributed by atoms with Crippen molar-refractivity contribution in [2.45, 2.75) is 45.4 Å². The number of carboxylic acids is 1. The van der Waals surface area contributed by atoms with Crippen molar-refractivity contribution in [2.24, 2.45) is 0 Å².